The molecular formula is C15H15F6N2O+. The summed E-state index contributed by atoms with van der Waals surface area (Å²) in [4.78, 5) is 11.8. The number of ketones is 1. The fraction of sp³-hybridized carbons (Fsp3) is 0.267. The van der Waals surface area contributed by atoms with Crippen LogP contribution >= 0.6 is 0 Å². The van der Waals surface area contributed by atoms with E-state index in [4.69, 9.17) is 0 Å². The first-order valence-electron chi connectivity index (χ1n) is 6.65. The fourth-order valence-corrected chi connectivity index (χ4v) is 1.51. The van der Waals surface area contributed by atoms with Gasteiger partial charge in [-0.15, -0.1) is 0 Å². The molecule has 0 fully saturated rings. The molecule has 0 aliphatic heterocycles. The Bertz CT molecular complexity index is 627. The Morgan fingerprint density at radius 1 is 1.04 bits per heavy atom. The summed E-state index contributed by atoms with van der Waals surface area (Å²) >= 11 is 0. The van der Waals surface area contributed by atoms with E-state index in [1.165, 1.54) is 12.3 Å². The number of anilines is 1. The van der Waals surface area contributed by atoms with Gasteiger partial charge in [0.15, 0.2) is 0 Å². The van der Waals surface area contributed by atoms with Crippen LogP contribution in [-0.2, 0) is 11.0 Å². The van der Waals surface area contributed by atoms with Crippen LogP contribution in [0.1, 0.15) is 5.56 Å². The molecule has 3 nitrogen and oxygen atoms in total. The van der Waals surface area contributed by atoms with Crippen LogP contribution in [-0.4, -0.2) is 26.1 Å². The maximum atomic E-state index is 12.5. The molecule has 0 aliphatic carbocycles. The highest BCUT2D eigenvalue weighted by molar-refractivity contribution is 5.95. The van der Waals surface area contributed by atoms with E-state index >= 15 is 0 Å². The van der Waals surface area contributed by atoms with E-state index in [0.717, 1.165) is 29.2 Å². The lowest BCUT2D eigenvalue weighted by molar-refractivity contribution is -0.801. The van der Waals surface area contributed by atoms with Crippen LogP contribution in [0.4, 0.5) is 32.0 Å². The van der Waals surface area contributed by atoms with E-state index in [9.17, 15) is 31.1 Å². The van der Waals surface area contributed by atoms with Gasteiger partial charge in [-0.05, 0) is 24.3 Å². The Kier molecular flexibility index (Phi) is 6.19. The van der Waals surface area contributed by atoms with Gasteiger partial charge in [0.1, 0.15) is 0 Å². The zero-order chi connectivity index (χ0) is 18.5. The lowest BCUT2D eigenvalue weighted by atomic mass is 10.2. The number of hydrogen-bond acceptors (Lipinski definition) is 2. The van der Waals surface area contributed by atoms with Gasteiger partial charge in [-0.1, -0.05) is 0 Å². The third kappa shape index (κ3) is 6.45. The summed E-state index contributed by atoms with van der Waals surface area (Å²) in [6, 6.07) is 3.69. The summed E-state index contributed by atoms with van der Waals surface area (Å²) in [6.45, 7) is 0. The number of carbonyl (C=O) groups excluding carboxylic acids is 1. The zero-order valence-corrected chi connectivity index (χ0v) is 12.7. The highest BCUT2D eigenvalue weighted by Crippen LogP contribution is 2.30. The molecule has 0 saturated heterocycles. The Balaban J connectivity index is 3.05. The second-order valence-corrected chi connectivity index (χ2v) is 5.07. The van der Waals surface area contributed by atoms with Crippen molar-refractivity contribution in [1.82, 2.24) is 0 Å². The highest BCUT2D eigenvalue weighted by Gasteiger charge is 2.36. The minimum atomic E-state index is -5.04. The number of alkyl halides is 6. The first kappa shape index (κ1) is 19.8. The third-order valence-electron chi connectivity index (χ3n) is 2.66. The van der Waals surface area contributed by atoms with Crippen LogP contribution in [0.25, 0.3) is 0 Å². The van der Waals surface area contributed by atoms with Crippen molar-refractivity contribution < 1.29 is 36.0 Å². The summed E-state index contributed by atoms with van der Waals surface area (Å²) in [6.07, 6.45) is -6.51. The Labute approximate surface area is 134 Å². The average Bonchev–Trinajstić information content (AvgIpc) is 2.43. The molecule has 0 amide bonds. The monoisotopic (exact) mass is 353 g/mol. The van der Waals surface area contributed by atoms with Crippen molar-refractivity contribution in [1.29, 1.82) is 0 Å². The maximum absolute atomic E-state index is 12.5. The van der Waals surface area contributed by atoms with Gasteiger partial charge in [0.05, 0.1) is 25.9 Å². The number of benzene rings is 1. The number of hydrogen-bond donors (Lipinski definition) is 2. The largest absolute Gasteiger partial charge is 0.454 e. The van der Waals surface area contributed by atoms with Crippen LogP contribution in [0, 0.1) is 0 Å². The van der Waals surface area contributed by atoms with Gasteiger partial charge >= 0.3 is 12.4 Å². The Morgan fingerprint density at radius 3 is 2.00 bits per heavy atom. The van der Waals surface area contributed by atoms with E-state index in [1.54, 1.807) is 14.1 Å². The summed E-state index contributed by atoms with van der Waals surface area (Å²) in [5, 5.41) is 2.49. The molecule has 0 heterocycles. The number of allylic oxidation sites excluding steroid dienone is 2. The van der Waals surface area contributed by atoms with E-state index in [1.807, 2.05) is 0 Å². The average molecular weight is 353 g/mol. The molecule has 1 aromatic rings. The van der Waals surface area contributed by atoms with E-state index in [2.05, 4.69) is 5.32 Å². The molecule has 0 aliphatic rings. The van der Waals surface area contributed by atoms with Gasteiger partial charge in [-0.3, -0.25) is 4.79 Å². The number of quaternary nitrogens is 1. The first-order valence-corrected chi connectivity index (χ1v) is 6.65. The van der Waals surface area contributed by atoms with Crippen LogP contribution in [0.2, 0.25) is 0 Å². The van der Waals surface area contributed by atoms with Gasteiger partial charge in [0, 0.05) is 23.5 Å². The van der Waals surface area contributed by atoms with Gasteiger partial charge in [-0.25, -0.2) is 0 Å². The molecule has 1 aromatic carbocycles. The summed E-state index contributed by atoms with van der Waals surface area (Å²) in [5.74, 6) is -2.07. The molecule has 0 aromatic heterocycles. The molecule has 1 rings (SSSR count). The molecule has 0 spiro atoms. The Hall–Kier alpha value is -2.29. The number of halogens is 6. The maximum Gasteiger partial charge on any atom is 0.454 e. The van der Waals surface area contributed by atoms with Crippen molar-refractivity contribution in [3.05, 3.63) is 53.9 Å². The number of rotatable bonds is 5. The standard InChI is InChI=1S/C15H14F6N2O/c1-23(2)8-7-12(9-13(24)15(19,20)21)22-11-5-3-10(4-6-11)14(16,17)18/h3-9,22H,1-2H3/p+1/b8-7+,12-9?. The lowest BCUT2D eigenvalue weighted by Gasteiger charge is -2.11. The molecule has 9 heteroatoms. The minimum Gasteiger partial charge on any atom is -0.355 e. The van der Waals surface area contributed by atoms with Gasteiger partial charge in [0.2, 0.25) is 0 Å². The molecule has 0 unspecified atom stereocenters. The van der Waals surface area contributed by atoms with Crippen LogP contribution in [0.15, 0.2) is 48.3 Å². The van der Waals surface area contributed by atoms with Crippen molar-refractivity contribution in [3.63, 3.8) is 0 Å². The predicted molar refractivity (Wildman–Crippen MR) is 76.2 cm³/mol. The molecule has 0 saturated carbocycles. The SMILES string of the molecule is C[NH+](C)/C=C/C(=CC(=O)C(F)(F)F)Nc1ccc(C(F)(F)F)cc1. The molecule has 0 radical (unpaired) electrons. The molecule has 0 bridgehead atoms. The van der Waals surface area contributed by atoms with E-state index < -0.39 is 23.7 Å². The molecular weight excluding hydrogens is 338 g/mol. The van der Waals surface area contributed by atoms with Gasteiger partial charge in [-0.2, -0.15) is 26.3 Å². The van der Waals surface area contributed by atoms with Crippen molar-refractivity contribution in [2.45, 2.75) is 12.4 Å². The van der Waals surface area contributed by atoms with Crippen molar-refractivity contribution in [3.8, 4) is 0 Å². The topological polar surface area (TPSA) is 33.5 Å². The first-order chi connectivity index (χ1) is 10.9. The molecule has 132 valence electrons. The lowest BCUT2D eigenvalue weighted by Crippen LogP contribution is -3.00. The van der Waals surface area contributed by atoms with Crippen LogP contribution in [0.5, 0.6) is 0 Å². The smallest absolute Gasteiger partial charge is 0.355 e. The van der Waals surface area contributed by atoms with Crippen LogP contribution < -0.4 is 10.2 Å². The highest BCUT2D eigenvalue weighted by atomic mass is 19.4. The predicted octanol–water partition coefficient (Wildman–Crippen LogP) is 2.79. The third-order valence-corrected chi connectivity index (χ3v) is 2.66. The molecule has 0 atom stereocenters. The van der Waals surface area contributed by atoms with Crippen molar-refractivity contribution in [2.24, 2.45) is 0 Å². The second kappa shape index (κ2) is 7.52. The summed E-state index contributed by atoms with van der Waals surface area (Å²) in [5.41, 5.74) is -0.973. The van der Waals surface area contributed by atoms with Crippen LogP contribution in [0.3, 0.4) is 0 Å². The van der Waals surface area contributed by atoms with E-state index in [0.29, 0.717) is 6.08 Å². The zero-order valence-electron chi connectivity index (χ0n) is 12.7. The van der Waals surface area contributed by atoms with E-state index in [-0.39, 0.29) is 11.4 Å². The normalized spacial score (nSPS) is 13.6. The summed E-state index contributed by atoms with van der Waals surface area (Å²) in [7, 11) is 3.38. The Morgan fingerprint density at radius 2 is 1.58 bits per heavy atom. The van der Waals surface area contributed by atoms with Crippen molar-refractivity contribution >= 4 is 11.5 Å². The molecule has 2 N–H and O–H groups in total. The quantitative estimate of drug-likeness (QED) is 0.485. The minimum absolute atomic E-state index is 0.114. The number of carbonyl (C=O) groups is 1. The van der Waals surface area contributed by atoms with Crippen molar-refractivity contribution in [2.75, 3.05) is 19.4 Å². The number of nitrogens with one attached hydrogen (secondary N) is 2. The second-order valence-electron chi connectivity index (χ2n) is 5.07. The molecule has 24 heavy (non-hydrogen) atoms. The van der Waals surface area contributed by atoms with Gasteiger partial charge in [0.25, 0.3) is 5.78 Å². The summed E-state index contributed by atoms with van der Waals surface area (Å²) < 4.78 is 74.5. The fourth-order valence-electron chi connectivity index (χ4n) is 1.51. The van der Waals surface area contributed by atoms with Gasteiger partial charge < -0.3 is 10.2 Å².